The molecule has 1 N–H and O–H groups in total. The van der Waals surface area contributed by atoms with E-state index in [0.717, 1.165) is 60.9 Å². The summed E-state index contributed by atoms with van der Waals surface area (Å²) in [4.78, 5) is 14.1. The Labute approximate surface area is 205 Å². The molecule has 3 aromatic rings. The van der Waals surface area contributed by atoms with Crippen LogP contribution in [0.3, 0.4) is 0 Å². The standard InChI is InChI=1S/C23H26N4O2.C5H12.H2/c1-15-4-3-5-16(12-15)18-13-24-21(29-17-6-10-28-11-7-17)19-14-25-22(26-20(18)19)27-23(2)8-9-23;1-3-5-4-2;/h3-5,12-14,17H,6-11H2,1-2H3,(H,25,26,27);3-5H2,1-2H3;1H. The van der Waals surface area contributed by atoms with E-state index in [9.17, 15) is 0 Å². The average molecular weight is 465 g/mol. The van der Waals surface area contributed by atoms with Crippen LogP contribution < -0.4 is 10.1 Å². The molecule has 6 heteroatoms. The fourth-order valence-corrected chi connectivity index (χ4v) is 4.06. The van der Waals surface area contributed by atoms with E-state index in [1.165, 1.54) is 24.8 Å². The Morgan fingerprint density at radius 1 is 1.12 bits per heavy atom. The molecule has 2 aliphatic rings. The fourth-order valence-electron chi connectivity index (χ4n) is 4.06. The van der Waals surface area contributed by atoms with Gasteiger partial charge < -0.3 is 14.8 Å². The van der Waals surface area contributed by atoms with Gasteiger partial charge in [0.15, 0.2) is 0 Å². The number of nitrogens with one attached hydrogen (secondary N) is 1. The number of aryl methyl sites for hydroxylation is 1. The van der Waals surface area contributed by atoms with Crippen LogP contribution in [0.2, 0.25) is 0 Å². The zero-order valence-corrected chi connectivity index (χ0v) is 21.1. The lowest BCUT2D eigenvalue weighted by atomic mass is 10.0. The van der Waals surface area contributed by atoms with E-state index in [2.05, 4.69) is 67.2 Å². The largest absolute Gasteiger partial charge is 0.474 e. The van der Waals surface area contributed by atoms with Crippen molar-refractivity contribution in [3.05, 3.63) is 42.2 Å². The molecule has 2 aromatic heterocycles. The average Bonchev–Trinajstić information content (AvgIpc) is 3.57. The minimum absolute atomic E-state index is 0. The number of nitrogens with zero attached hydrogens (tertiary/aromatic N) is 3. The number of anilines is 1. The molecule has 0 spiro atoms. The molecule has 34 heavy (non-hydrogen) atoms. The second-order valence-corrected chi connectivity index (χ2v) is 9.77. The Morgan fingerprint density at radius 2 is 1.88 bits per heavy atom. The van der Waals surface area contributed by atoms with Gasteiger partial charge in [0.25, 0.3) is 0 Å². The Kier molecular flexibility index (Phi) is 7.99. The number of hydrogen-bond acceptors (Lipinski definition) is 6. The van der Waals surface area contributed by atoms with Gasteiger partial charge in [0, 0.05) is 37.8 Å². The first-order chi connectivity index (χ1) is 16.5. The first kappa shape index (κ1) is 24.4. The summed E-state index contributed by atoms with van der Waals surface area (Å²) in [6.07, 6.45) is 12.0. The summed E-state index contributed by atoms with van der Waals surface area (Å²) in [7, 11) is 0. The van der Waals surface area contributed by atoms with Crippen molar-refractivity contribution in [2.75, 3.05) is 18.5 Å². The number of fused-ring (bicyclic) bond motifs is 1. The Hall–Kier alpha value is -2.73. The summed E-state index contributed by atoms with van der Waals surface area (Å²) in [6, 6.07) is 8.42. The van der Waals surface area contributed by atoms with Gasteiger partial charge in [-0.2, -0.15) is 0 Å². The van der Waals surface area contributed by atoms with Gasteiger partial charge >= 0.3 is 0 Å². The molecule has 2 fully saturated rings. The van der Waals surface area contributed by atoms with E-state index in [1.54, 1.807) is 0 Å². The highest BCUT2D eigenvalue weighted by atomic mass is 16.5. The molecule has 0 amide bonds. The van der Waals surface area contributed by atoms with Crippen molar-refractivity contribution in [3.8, 4) is 17.0 Å². The van der Waals surface area contributed by atoms with E-state index in [-0.39, 0.29) is 13.1 Å². The lowest BCUT2D eigenvalue weighted by Crippen LogP contribution is -2.26. The van der Waals surface area contributed by atoms with Gasteiger partial charge in [-0.25, -0.2) is 15.0 Å². The van der Waals surface area contributed by atoms with Crippen LogP contribution in [0.25, 0.3) is 22.0 Å². The van der Waals surface area contributed by atoms with Gasteiger partial charge in [-0.05, 0) is 32.3 Å². The van der Waals surface area contributed by atoms with E-state index in [4.69, 9.17) is 14.5 Å². The molecule has 0 bridgehead atoms. The minimum Gasteiger partial charge on any atom is -0.474 e. The van der Waals surface area contributed by atoms with Crippen LogP contribution in [0, 0.1) is 6.92 Å². The van der Waals surface area contributed by atoms with Crippen molar-refractivity contribution in [1.82, 2.24) is 15.0 Å². The fraction of sp³-hybridized carbons (Fsp3) is 0.536. The van der Waals surface area contributed by atoms with Crippen molar-refractivity contribution < 1.29 is 10.9 Å². The molecule has 0 radical (unpaired) electrons. The summed E-state index contributed by atoms with van der Waals surface area (Å²) < 4.78 is 11.7. The molecule has 1 aromatic carbocycles. The lowest BCUT2D eigenvalue weighted by Gasteiger charge is -2.23. The summed E-state index contributed by atoms with van der Waals surface area (Å²) in [5.74, 6) is 1.27. The molecule has 6 nitrogen and oxygen atoms in total. The van der Waals surface area contributed by atoms with Crippen LogP contribution in [0.15, 0.2) is 36.7 Å². The predicted molar refractivity (Wildman–Crippen MR) is 141 cm³/mol. The van der Waals surface area contributed by atoms with Crippen molar-refractivity contribution in [1.29, 1.82) is 0 Å². The molecule has 0 unspecified atom stereocenters. The van der Waals surface area contributed by atoms with Crippen molar-refractivity contribution >= 4 is 16.9 Å². The SMILES string of the molecule is CCCCC.Cc1cccc(-c2cnc(OC3CCOCC3)c3cnc(NC4(C)CC4)nc23)c1.[HH]. The highest BCUT2D eigenvalue weighted by Crippen LogP contribution is 2.38. The first-order valence-electron chi connectivity index (χ1n) is 12.8. The van der Waals surface area contributed by atoms with Crippen molar-refractivity contribution in [3.63, 3.8) is 0 Å². The minimum atomic E-state index is 0. The van der Waals surface area contributed by atoms with E-state index >= 15 is 0 Å². The number of pyridine rings is 1. The topological polar surface area (TPSA) is 69.2 Å². The molecule has 0 atom stereocenters. The number of unbranched alkanes of at least 4 members (excludes halogenated alkanes) is 2. The third kappa shape index (κ3) is 6.23. The Morgan fingerprint density at radius 3 is 2.53 bits per heavy atom. The van der Waals surface area contributed by atoms with Crippen molar-refractivity contribution in [2.45, 2.75) is 84.3 Å². The van der Waals surface area contributed by atoms with Crippen molar-refractivity contribution in [2.24, 2.45) is 0 Å². The molecule has 1 aliphatic heterocycles. The lowest BCUT2D eigenvalue weighted by molar-refractivity contribution is 0.0244. The van der Waals surface area contributed by atoms with Gasteiger partial charge in [-0.3, -0.25) is 0 Å². The first-order valence-corrected chi connectivity index (χ1v) is 12.8. The monoisotopic (exact) mass is 464 g/mol. The van der Waals surface area contributed by atoms with Crippen LogP contribution in [0.1, 0.15) is 72.7 Å². The highest BCUT2D eigenvalue weighted by molar-refractivity contribution is 5.96. The van der Waals surface area contributed by atoms with E-state index in [1.807, 2.05) is 12.4 Å². The maximum Gasteiger partial charge on any atom is 0.224 e. The summed E-state index contributed by atoms with van der Waals surface area (Å²) in [5, 5.41) is 4.32. The Balaban J connectivity index is 0.000000521. The maximum atomic E-state index is 6.24. The zero-order chi connectivity index (χ0) is 24.0. The number of ether oxygens (including phenoxy) is 2. The van der Waals surface area contributed by atoms with Gasteiger partial charge in [0.2, 0.25) is 11.8 Å². The van der Waals surface area contributed by atoms with Gasteiger partial charge in [-0.1, -0.05) is 62.9 Å². The van der Waals surface area contributed by atoms with E-state index in [0.29, 0.717) is 11.8 Å². The maximum absolute atomic E-state index is 6.24. The van der Waals surface area contributed by atoms with Gasteiger partial charge in [0.1, 0.15) is 6.10 Å². The zero-order valence-electron chi connectivity index (χ0n) is 21.1. The molecular formula is C28H40N4O2. The third-order valence-corrected chi connectivity index (χ3v) is 6.48. The number of benzene rings is 1. The van der Waals surface area contributed by atoms with Crippen LogP contribution in [-0.4, -0.2) is 39.8 Å². The number of aromatic nitrogens is 3. The van der Waals surface area contributed by atoms with Gasteiger partial charge in [-0.15, -0.1) is 0 Å². The smallest absolute Gasteiger partial charge is 0.224 e. The molecule has 1 saturated heterocycles. The molecule has 184 valence electrons. The van der Waals surface area contributed by atoms with E-state index < -0.39 is 0 Å². The van der Waals surface area contributed by atoms with Crippen LogP contribution >= 0.6 is 0 Å². The van der Waals surface area contributed by atoms with Crippen LogP contribution in [0.5, 0.6) is 5.88 Å². The van der Waals surface area contributed by atoms with Gasteiger partial charge in [0.05, 0.1) is 24.1 Å². The third-order valence-electron chi connectivity index (χ3n) is 6.48. The highest BCUT2D eigenvalue weighted by Gasteiger charge is 2.38. The molecule has 3 heterocycles. The van der Waals surface area contributed by atoms with Crippen LogP contribution in [0.4, 0.5) is 5.95 Å². The predicted octanol–water partition coefficient (Wildman–Crippen LogP) is 6.96. The molecule has 1 aliphatic carbocycles. The van der Waals surface area contributed by atoms with Crippen LogP contribution in [-0.2, 0) is 4.74 Å². The molecule has 1 saturated carbocycles. The second kappa shape index (κ2) is 11.1. The summed E-state index contributed by atoms with van der Waals surface area (Å²) in [6.45, 7) is 10.2. The molecule has 5 rings (SSSR count). The number of rotatable bonds is 7. The quantitative estimate of drug-likeness (QED) is 0.407. The molecular weight excluding hydrogens is 424 g/mol. The Bertz CT molecular complexity index is 1100. The number of hydrogen-bond donors (Lipinski definition) is 1. The summed E-state index contributed by atoms with van der Waals surface area (Å²) in [5.41, 5.74) is 4.29. The summed E-state index contributed by atoms with van der Waals surface area (Å²) >= 11 is 0. The second-order valence-electron chi connectivity index (χ2n) is 9.77. The normalized spacial score (nSPS) is 17.1.